The first kappa shape index (κ1) is 16.0. The van der Waals surface area contributed by atoms with E-state index in [1.54, 1.807) is 0 Å². The molecule has 0 saturated heterocycles. The van der Waals surface area contributed by atoms with Gasteiger partial charge in [-0.1, -0.05) is 13.8 Å². The molecule has 3 N–H and O–H groups in total. The molecule has 23 heavy (non-hydrogen) atoms. The van der Waals surface area contributed by atoms with Crippen molar-refractivity contribution < 1.29 is 20.1 Å². The van der Waals surface area contributed by atoms with E-state index in [1.165, 1.54) is 0 Å². The van der Waals surface area contributed by atoms with Crippen molar-refractivity contribution in [1.29, 1.82) is 0 Å². The van der Waals surface area contributed by atoms with Gasteiger partial charge >= 0.3 is 0 Å². The number of aliphatic hydroxyl groups excluding tert-OH is 3. The molecule has 0 amide bonds. The summed E-state index contributed by atoms with van der Waals surface area (Å²) in [5.41, 5.74) is -0.439. The Morgan fingerprint density at radius 1 is 1.00 bits per heavy atom. The van der Waals surface area contributed by atoms with Crippen molar-refractivity contribution in [2.45, 2.75) is 77.1 Å². The fourth-order valence-electron chi connectivity index (χ4n) is 6.98. The van der Waals surface area contributed by atoms with Gasteiger partial charge in [0.1, 0.15) is 5.78 Å². The van der Waals surface area contributed by atoms with Crippen molar-refractivity contribution in [3.63, 3.8) is 0 Å². The van der Waals surface area contributed by atoms with E-state index >= 15 is 0 Å². The number of Topliss-reactive ketones (excluding diaryl/α,β-unsaturated/α-hetero) is 1. The molecule has 4 aliphatic carbocycles. The average Bonchev–Trinajstić information content (AvgIpc) is 2.76. The Morgan fingerprint density at radius 2 is 1.74 bits per heavy atom. The summed E-state index contributed by atoms with van der Waals surface area (Å²) in [6.07, 6.45) is 4.03. The fraction of sp³-hybridized carbons (Fsp3) is 0.947. The quantitative estimate of drug-likeness (QED) is 0.636. The number of hydrogen-bond donors (Lipinski definition) is 3. The van der Waals surface area contributed by atoms with Crippen LogP contribution in [0.1, 0.15) is 58.8 Å². The first-order valence-corrected chi connectivity index (χ1v) is 9.34. The van der Waals surface area contributed by atoms with Gasteiger partial charge in [-0.25, -0.2) is 0 Å². The Bertz CT molecular complexity index is 519. The standard InChI is InChI=1S/C19H30O4/c1-18-6-5-11(20)7-10(18)8-13(21)16-12-3-4-15(23)19(12,2)9-14(22)17(16)18/h10-13,15-17,20-21,23H,3-9H2,1-2H3/t10-,11+,12+,13+,15-,16-,17+,18+,19+/m1/s1. The largest absolute Gasteiger partial charge is 0.393 e. The van der Waals surface area contributed by atoms with Crippen molar-refractivity contribution >= 4 is 5.78 Å². The molecule has 0 radical (unpaired) electrons. The zero-order valence-electron chi connectivity index (χ0n) is 14.2. The Balaban J connectivity index is 1.74. The average molecular weight is 322 g/mol. The molecule has 0 unspecified atom stereocenters. The van der Waals surface area contributed by atoms with E-state index in [2.05, 4.69) is 13.8 Å². The number of ketones is 1. The van der Waals surface area contributed by atoms with Crippen LogP contribution in [0.2, 0.25) is 0 Å². The molecule has 9 atom stereocenters. The lowest BCUT2D eigenvalue weighted by molar-refractivity contribution is -0.184. The lowest BCUT2D eigenvalue weighted by atomic mass is 9.44. The highest BCUT2D eigenvalue weighted by Gasteiger charge is 2.65. The highest BCUT2D eigenvalue weighted by atomic mass is 16.3. The molecular weight excluding hydrogens is 292 g/mol. The zero-order valence-corrected chi connectivity index (χ0v) is 14.2. The molecule has 0 bridgehead atoms. The highest BCUT2D eigenvalue weighted by molar-refractivity contribution is 5.84. The van der Waals surface area contributed by atoms with Gasteiger partial charge in [0.2, 0.25) is 0 Å². The minimum Gasteiger partial charge on any atom is -0.393 e. The maximum Gasteiger partial charge on any atom is 0.137 e. The normalized spacial score (nSPS) is 59.2. The molecule has 0 aromatic rings. The maximum atomic E-state index is 13.1. The molecule has 0 spiro atoms. The third kappa shape index (κ3) is 2.04. The van der Waals surface area contributed by atoms with Gasteiger partial charge in [0.15, 0.2) is 0 Å². The van der Waals surface area contributed by atoms with E-state index in [0.717, 1.165) is 25.7 Å². The number of fused-ring (bicyclic) bond motifs is 5. The van der Waals surface area contributed by atoms with Crippen LogP contribution in [0.4, 0.5) is 0 Å². The predicted octanol–water partition coefficient (Wildman–Crippen LogP) is 1.90. The Hall–Kier alpha value is -0.450. The summed E-state index contributed by atoms with van der Waals surface area (Å²) in [7, 11) is 0. The molecule has 4 aliphatic rings. The summed E-state index contributed by atoms with van der Waals surface area (Å²) in [4.78, 5) is 13.1. The zero-order chi connectivity index (χ0) is 16.6. The number of rotatable bonds is 0. The summed E-state index contributed by atoms with van der Waals surface area (Å²) in [6.45, 7) is 4.27. The van der Waals surface area contributed by atoms with E-state index < -0.39 is 12.2 Å². The van der Waals surface area contributed by atoms with Crippen LogP contribution in [0.15, 0.2) is 0 Å². The smallest absolute Gasteiger partial charge is 0.137 e. The monoisotopic (exact) mass is 322 g/mol. The molecule has 4 nitrogen and oxygen atoms in total. The number of aliphatic hydroxyl groups is 3. The van der Waals surface area contributed by atoms with Crippen LogP contribution in [0.5, 0.6) is 0 Å². The predicted molar refractivity (Wildman–Crippen MR) is 85.5 cm³/mol. The van der Waals surface area contributed by atoms with E-state index in [1.807, 2.05) is 0 Å². The van der Waals surface area contributed by atoms with Crippen molar-refractivity contribution in [2.24, 2.45) is 34.5 Å². The van der Waals surface area contributed by atoms with Crippen molar-refractivity contribution in [2.75, 3.05) is 0 Å². The van der Waals surface area contributed by atoms with Crippen LogP contribution in [0.25, 0.3) is 0 Å². The maximum absolute atomic E-state index is 13.1. The summed E-state index contributed by atoms with van der Waals surface area (Å²) < 4.78 is 0. The van der Waals surface area contributed by atoms with Crippen LogP contribution >= 0.6 is 0 Å². The van der Waals surface area contributed by atoms with Crippen molar-refractivity contribution in [1.82, 2.24) is 0 Å². The van der Waals surface area contributed by atoms with E-state index in [-0.39, 0.29) is 46.4 Å². The molecule has 4 rings (SSSR count). The van der Waals surface area contributed by atoms with Crippen molar-refractivity contribution in [3.8, 4) is 0 Å². The van der Waals surface area contributed by atoms with Crippen molar-refractivity contribution in [3.05, 3.63) is 0 Å². The molecule has 0 heterocycles. The van der Waals surface area contributed by atoms with E-state index in [9.17, 15) is 20.1 Å². The molecule has 0 aromatic carbocycles. The summed E-state index contributed by atoms with van der Waals surface area (Å²) in [5.74, 6) is 0.640. The Kier molecular flexibility index (Phi) is 3.51. The second kappa shape index (κ2) is 5.03. The van der Waals surface area contributed by atoms with Crippen LogP contribution in [-0.2, 0) is 4.79 Å². The van der Waals surface area contributed by atoms with E-state index in [4.69, 9.17) is 0 Å². The first-order chi connectivity index (χ1) is 10.8. The van der Waals surface area contributed by atoms with Crippen LogP contribution in [0, 0.1) is 34.5 Å². The minimum absolute atomic E-state index is 0.00473. The molecule has 0 aliphatic heterocycles. The molecule has 130 valence electrons. The lowest BCUT2D eigenvalue weighted by Crippen LogP contribution is -2.62. The highest BCUT2D eigenvalue weighted by Crippen LogP contribution is 2.65. The van der Waals surface area contributed by atoms with Gasteiger partial charge in [0.05, 0.1) is 18.3 Å². The SMILES string of the molecule is C[C@]12CC[C@H](O)C[C@@H]1C[C@H](O)[C@H]1[C@@H]3CC[C@@H](O)[C@@]3(C)CC(=O)[C@@H]12. The summed E-state index contributed by atoms with van der Waals surface area (Å²) in [5, 5.41) is 31.4. The summed E-state index contributed by atoms with van der Waals surface area (Å²) >= 11 is 0. The number of carbonyl (C=O) groups excluding carboxylic acids is 1. The fourth-order valence-corrected chi connectivity index (χ4v) is 6.98. The van der Waals surface area contributed by atoms with Gasteiger partial charge in [0, 0.05) is 17.8 Å². The van der Waals surface area contributed by atoms with Crippen LogP contribution in [-0.4, -0.2) is 39.4 Å². The second-order valence-electron chi connectivity index (χ2n) is 9.34. The van der Waals surface area contributed by atoms with Crippen LogP contribution in [0.3, 0.4) is 0 Å². The molecule has 4 saturated carbocycles. The lowest BCUT2D eigenvalue weighted by Gasteiger charge is -2.60. The number of carbonyl (C=O) groups is 1. The molecule has 4 fully saturated rings. The van der Waals surface area contributed by atoms with Gasteiger partial charge in [-0.05, 0) is 61.7 Å². The van der Waals surface area contributed by atoms with E-state index in [0.29, 0.717) is 19.3 Å². The molecule has 4 heteroatoms. The van der Waals surface area contributed by atoms with Gasteiger partial charge in [0.25, 0.3) is 0 Å². The minimum atomic E-state index is -0.470. The Labute approximate surface area is 138 Å². The van der Waals surface area contributed by atoms with Crippen LogP contribution < -0.4 is 0 Å². The Morgan fingerprint density at radius 3 is 2.48 bits per heavy atom. The van der Waals surface area contributed by atoms with Gasteiger partial charge in [-0.3, -0.25) is 4.79 Å². The summed E-state index contributed by atoms with van der Waals surface area (Å²) in [6, 6.07) is 0. The number of hydrogen-bond acceptors (Lipinski definition) is 4. The molecule has 0 aromatic heterocycles. The second-order valence-corrected chi connectivity index (χ2v) is 9.34. The third-order valence-corrected chi connectivity index (χ3v) is 8.30. The molecular formula is C19H30O4. The van der Waals surface area contributed by atoms with Gasteiger partial charge in [-0.2, -0.15) is 0 Å². The topological polar surface area (TPSA) is 77.8 Å². The van der Waals surface area contributed by atoms with Gasteiger partial charge in [-0.15, -0.1) is 0 Å². The first-order valence-electron chi connectivity index (χ1n) is 9.34. The third-order valence-electron chi connectivity index (χ3n) is 8.30. The van der Waals surface area contributed by atoms with Gasteiger partial charge < -0.3 is 15.3 Å².